The van der Waals surface area contributed by atoms with E-state index in [1.54, 1.807) is 31.2 Å². The molecule has 1 aliphatic carbocycles. The fraction of sp³-hybridized carbons (Fsp3) is 0.435. The smallest absolute Gasteiger partial charge is 0.414 e. The van der Waals surface area contributed by atoms with Crippen molar-refractivity contribution in [3.05, 3.63) is 51.9 Å². The first-order valence-electron chi connectivity index (χ1n) is 11.0. The van der Waals surface area contributed by atoms with Crippen molar-refractivity contribution < 1.29 is 27.5 Å². The normalized spacial score (nSPS) is 13.5. The van der Waals surface area contributed by atoms with Crippen molar-refractivity contribution in [2.75, 3.05) is 17.7 Å². The summed E-state index contributed by atoms with van der Waals surface area (Å²) in [5.41, 5.74) is 1.77. The van der Waals surface area contributed by atoms with Crippen LogP contribution in [0.25, 0.3) is 0 Å². The Kier molecular flexibility index (Phi) is 8.62. The van der Waals surface area contributed by atoms with Gasteiger partial charge in [0.05, 0.1) is 23.7 Å². The molecule has 2 aromatic rings. The third-order valence-electron chi connectivity index (χ3n) is 5.26. The van der Waals surface area contributed by atoms with E-state index in [-0.39, 0.29) is 30.1 Å². The van der Waals surface area contributed by atoms with Crippen molar-refractivity contribution in [3.63, 3.8) is 0 Å². The van der Waals surface area contributed by atoms with Crippen LogP contribution < -0.4 is 10.6 Å². The van der Waals surface area contributed by atoms with E-state index in [1.165, 1.54) is 11.3 Å². The Morgan fingerprint density at radius 3 is 2.52 bits per heavy atom. The minimum Gasteiger partial charge on any atom is -0.450 e. The van der Waals surface area contributed by atoms with Crippen LogP contribution >= 0.6 is 11.3 Å². The molecule has 1 heterocycles. The highest BCUT2D eigenvalue weighted by atomic mass is 32.2. The molecule has 0 atom stereocenters. The van der Waals surface area contributed by atoms with Gasteiger partial charge in [-0.2, -0.15) is 0 Å². The average Bonchev–Trinajstić information content (AvgIpc) is 2.93. The van der Waals surface area contributed by atoms with Gasteiger partial charge in [-0.3, -0.25) is 14.9 Å². The number of hydrogen-bond donors (Lipinski definition) is 2. The molecule has 1 aliphatic rings. The summed E-state index contributed by atoms with van der Waals surface area (Å²) in [5, 5.41) is 5.27. The molecule has 0 bridgehead atoms. The summed E-state index contributed by atoms with van der Waals surface area (Å²) in [5.74, 6) is -1.56. The van der Waals surface area contributed by atoms with Crippen LogP contribution in [0.3, 0.4) is 0 Å². The number of rotatable bonds is 8. The third-order valence-corrected chi connectivity index (χ3v) is 8.07. The van der Waals surface area contributed by atoms with Crippen LogP contribution in [-0.4, -0.2) is 38.7 Å². The highest BCUT2D eigenvalue weighted by Gasteiger charge is 2.27. The maximum atomic E-state index is 12.8. The molecule has 1 aromatic heterocycles. The molecule has 0 aliphatic heterocycles. The number of sulfone groups is 1. The predicted molar refractivity (Wildman–Crippen MR) is 127 cm³/mol. The largest absolute Gasteiger partial charge is 0.450 e. The van der Waals surface area contributed by atoms with E-state index in [0.29, 0.717) is 17.0 Å². The predicted octanol–water partition coefficient (Wildman–Crippen LogP) is 3.85. The number of imide groups is 1. The summed E-state index contributed by atoms with van der Waals surface area (Å²) in [6.07, 6.45) is 3.34. The van der Waals surface area contributed by atoms with Gasteiger partial charge in [0.25, 0.3) is 5.91 Å². The van der Waals surface area contributed by atoms with Crippen LogP contribution in [0.15, 0.2) is 30.3 Å². The minimum atomic E-state index is -3.48. The zero-order chi connectivity index (χ0) is 23.8. The molecular formula is C23H28N2O6S2. The van der Waals surface area contributed by atoms with Gasteiger partial charge in [-0.25, -0.2) is 13.2 Å². The Labute approximate surface area is 197 Å². The maximum absolute atomic E-state index is 12.8. The van der Waals surface area contributed by atoms with Crippen molar-refractivity contribution in [1.29, 1.82) is 0 Å². The molecule has 33 heavy (non-hydrogen) atoms. The lowest BCUT2D eigenvalue weighted by molar-refractivity contribution is -0.115. The maximum Gasteiger partial charge on any atom is 0.414 e. The van der Waals surface area contributed by atoms with E-state index in [0.717, 1.165) is 36.1 Å². The van der Waals surface area contributed by atoms with Gasteiger partial charge < -0.3 is 10.1 Å². The third kappa shape index (κ3) is 7.13. The Bertz CT molecular complexity index is 1110. The van der Waals surface area contributed by atoms with Gasteiger partial charge in [0, 0.05) is 11.3 Å². The number of amides is 3. The van der Waals surface area contributed by atoms with E-state index in [9.17, 15) is 22.8 Å². The number of thiophene rings is 1. The van der Waals surface area contributed by atoms with Crippen molar-refractivity contribution >= 4 is 44.1 Å². The summed E-state index contributed by atoms with van der Waals surface area (Å²) < 4.78 is 29.6. The molecule has 1 aromatic carbocycles. The summed E-state index contributed by atoms with van der Waals surface area (Å²) in [6.45, 7) is 1.76. The van der Waals surface area contributed by atoms with Gasteiger partial charge in [0.1, 0.15) is 5.00 Å². The molecule has 2 N–H and O–H groups in total. The average molecular weight is 493 g/mol. The quantitative estimate of drug-likeness (QED) is 0.541. The number of fused-ring (bicyclic) bond motifs is 1. The van der Waals surface area contributed by atoms with Crippen molar-refractivity contribution in [1.82, 2.24) is 5.32 Å². The fourth-order valence-corrected chi connectivity index (χ4v) is 6.37. The second kappa shape index (κ2) is 11.4. The number of ether oxygens (including phenoxy) is 1. The van der Waals surface area contributed by atoms with E-state index >= 15 is 0 Å². The molecule has 0 spiro atoms. The molecule has 3 amide bonds. The topological polar surface area (TPSA) is 119 Å². The second-order valence-corrected chi connectivity index (χ2v) is 11.1. The lowest BCUT2D eigenvalue weighted by Crippen LogP contribution is -2.32. The summed E-state index contributed by atoms with van der Waals surface area (Å²) >= 11 is 1.31. The van der Waals surface area contributed by atoms with Crippen molar-refractivity contribution in [3.8, 4) is 0 Å². The summed E-state index contributed by atoms with van der Waals surface area (Å²) in [6, 6.07) is 8.79. The first-order valence-corrected chi connectivity index (χ1v) is 13.6. The zero-order valence-electron chi connectivity index (χ0n) is 18.5. The molecular weight excluding hydrogens is 464 g/mol. The van der Waals surface area contributed by atoms with Crippen LogP contribution in [0, 0.1) is 0 Å². The fourth-order valence-electron chi connectivity index (χ4n) is 3.73. The van der Waals surface area contributed by atoms with Crippen molar-refractivity contribution in [2.45, 2.75) is 51.2 Å². The second-order valence-electron chi connectivity index (χ2n) is 7.82. The van der Waals surface area contributed by atoms with Gasteiger partial charge in [0.2, 0.25) is 5.91 Å². The van der Waals surface area contributed by atoms with Gasteiger partial charge in [-0.05, 0) is 43.7 Å². The van der Waals surface area contributed by atoms with Crippen LogP contribution in [0.1, 0.15) is 59.0 Å². The highest BCUT2D eigenvalue weighted by Crippen LogP contribution is 2.37. The van der Waals surface area contributed by atoms with Gasteiger partial charge in [-0.1, -0.05) is 36.8 Å². The lowest BCUT2D eigenvalue weighted by atomic mass is 10.0. The Balaban J connectivity index is 1.72. The highest BCUT2D eigenvalue weighted by molar-refractivity contribution is 7.90. The number of anilines is 1. The lowest BCUT2D eigenvalue weighted by Gasteiger charge is -2.10. The Morgan fingerprint density at radius 2 is 1.79 bits per heavy atom. The first-order chi connectivity index (χ1) is 15.8. The molecule has 10 heteroatoms. The van der Waals surface area contributed by atoms with E-state index in [2.05, 4.69) is 10.6 Å². The Hall–Kier alpha value is -2.72. The molecule has 0 saturated carbocycles. The molecule has 0 fully saturated rings. The van der Waals surface area contributed by atoms with Gasteiger partial charge in [-0.15, -0.1) is 11.3 Å². The van der Waals surface area contributed by atoms with Gasteiger partial charge >= 0.3 is 6.09 Å². The summed E-state index contributed by atoms with van der Waals surface area (Å²) in [7, 11) is -3.48. The zero-order valence-corrected chi connectivity index (χ0v) is 20.1. The monoisotopic (exact) mass is 492 g/mol. The number of benzene rings is 1. The van der Waals surface area contributed by atoms with Crippen LogP contribution in [-0.2, 0) is 38.0 Å². The number of hydrogen-bond acceptors (Lipinski definition) is 7. The van der Waals surface area contributed by atoms with Crippen LogP contribution in [0.4, 0.5) is 9.80 Å². The summed E-state index contributed by atoms with van der Waals surface area (Å²) in [4.78, 5) is 38.2. The molecule has 8 nitrogen and oxygen atoms in total. The number of aryl methyl sites for hydroxylation is 1. The molecule has 0 unspecified atom stereocenters. The molecule has 0 radical (unpaired) electrons. The number of nitrogens with one attached hydrogen (secondary N) is 2. The number of carbonyl (C=O) groups is 3. The van der Waals surface area contributed by atoms with Crippen molar-refractivity contribution in [2.24, 2.45) is 0 Å². The first kappa shape index (κ1) is 24.9. The SMILES string of the molecule is CCOC(=O)NC(=O)c1c(NC(=O)CCS(=O)(=O)Cc2ccccc2)sc2c1CCCCC2. The van der Waals surface area contributed by atoms with Gasteiger partial charge in [0.15, 0.2) is 9.84 Å². The van der Waals surface area contributed by atoms with E-state index in [4.69, 9.17) is 4.74 Å². The molecule has 0 saturated heterocycles. The minimum absolute atomic E-state index is 0.127. The van der Waals surface area contributed by atoms with E-state index < -0.39 is 27.7 Å². The number of alkyl carbamates (subject to hydrolysis) is 1. The standard InChI is InChI=1S/C23H28N2O6S2/c1-2-31-23(28)25-21(27)20-17-11-7-4-8-12-18(17)32-22(20)24-19(26)13-14-33(29,30)15-16-9-5-3-6-10-16/h3,5-6,9-10H,2,4,7-8,11-15H2,1H3,(H,24,26)(H,25,27,28). The Morgan fingerprint density at radius 1 is 1.06 bits per heavy atom. The molecule has 3 rings (SSSR count). The van der Waals surface area contributed by atoms with Crippen LogP contribution in [0.2, 0.25) is 0 Å². The van der Waals surface area contributed by atoms with E-state index in [1.807, 2.05) is 6.07 Å². The van der Waals surface area contributed by atoms with Crippen LogP contribution in [0.5, 0.6) is 0 Å². The molecule has 178 valence electrons. The number of carbonyl (C=O) groups excluding carboxylic acids is 3.